The van der Waals surface area contributed by atoms with Gasteiger partial charge in [0, 0.05) is 40.6 Å². The van der Waals surface area contributed by atoms with Crippen LogP contribution in [0.25, 0.3) is 0 Å². The molecule has 0 atom stereocenters. The van der Waals surface area contributed by atoms with Gasteiger partial charge < -0.3 is 5.73 Å². The van der Waals surface area contributed by atoms with Crippen molar-refractivity contribution in [2.24, 2.45) is 5.73 Å². The van der Waals surface area contributed by atoms with Crippen LogP contribution in [-0.4, -0.2) is 37.7 Å². The average Bonchev–Trinajstić information content (AvgIpc) is 0.918. The maximum atomic E-state index is 7.10. The van der Waals surface area contributed by atoms with Gasteiger partial charge in [-0.2, -0.15) is 5.26 Å². The minimum absolute atomic E-state index is 0. The van der Waals surface area contributed by atoms with E-state index < -0.39 is 0 Å². The molecule has 0 aromatic heterocycles. The van der Waals surface area contributed by atoms with Crippen molar-refractivity contribution in [2.45, 2.75) is 0 Å². The molecule has 2 radical (unpaired) electrons. The fraction of sp³-hybridized carbons (Fsp3) is 0. The standard InChI is InChI=1S/CH2N2.Ca.2H2/c2-1-3;;;/h2H2;;2*1H. The third-order valence-electron chi connectivity index (χ3n) is 0. The first-order valence-electron chi connectivity index (χ1n) is 0.512. The average molecular weight is 86.2 g/mol. The topological polar surface area (TPSA) is 49.8 Å². The maximum Gasteiger partial charge on any atom is 0.173 e. The first kappa shape index (κ1) is 8.82. The molecule has 0 amide bonds. The third kappa shape index (κ3) is 20.3. The van der Waals surface area contributed by atoms with E-state index in [0.29, 0.717) is 0 Å². The Morgan fingerprint density at radius 3 is 2.00 bits per heavy atom. The monoisotopic (exact) mass is 86.0 g/mol. The van der Waals surface area contributed by atoms with Crippen LogP contribution in [0.5, 0.6) is 0 Å². The number of nitriles is 1. The second-order valence-electron chi connectivity index (χ2n) is 0.129. The van der Waals surface area contributed by atoms with Crippen LogP contribution in [-0.2, 0) is 0 Å². The zero-order valence-electron chi connectivity index (χ0n) is 2.23. The molecule has 0 saturated carbocycles. The van der Waals surface area contributed by atoms with Crippen molar-refractivity contribution < 1.29 is 2.85 Å². The first-order valence-corrected chi connectivity index (χ1v) is 0.512. The summed E-state index contributed by atoms with van der Waals surface area (Å²) >= 11 is 0. The predicted octanol–water partition coefficient (Wildman–Crippen LogP) is -0.463. The van der Waals surface area contributed by atoms with Crippen molar-refractivity contribution in [2.75, 3.05) is 0 Å². The molecule has 0 saturated heterocycles. The van der Waals surface area contributed by atoms with Crippen LogP contribution in [0.1, 0.15) is 2.85 Å². The molecular formula is CH6CaN2. The Morgan fingerprint density at radius 1 is 2.00 bits per heavy atom. The van der Waals surface area contributed by atoms with Crippen LogP contribution in [0.3, 0.4) is 0 Å². The Morgan fingerprint density at radius 2 is 2.00 bits per heavy atom. The molecule has 0 rings (SSSR count). The molecule has 0 aromatic carbocycles. The molecule has 22 valence electrons. The van der Waals surface area contributed by atoms with Crippen LogP contribution < -0.4 is 5.73 Å². The van der Waals surface area contributed by atoms with Gasteiger partial charge in [0.15, 0.2) is 6.19 Å². The van der Waals surface area contributed by atoms with E-state index in [1.54, 1.807) is 0 Å². The number of nitrogens with two attached hydrogens (primary N) is 1. The summed E-state index contributed by atoms with van der Waals surface area (Å²) in [6.45, 7) is 0. The SMILES string of the molecule is N#CN.[Ca].[HH].[HH]. The van der Waals surface area contributed by atoms with Crippen molar-refractivity contribution in [1.29, 1.82) is 5.26 Å². The summed E-state index contributed by atoms with van der Waals surface area (Å²) in [6.07, 6.45) is 1.25. The van der Waals surface area contributed by atoms with Gasteiger partial charge in [0.2, 0.25) is 0 Å². The van der Waals surface area contributed by atoms with Gasteiger partial charge in [-0.15, -0.1) is 0 Å². The fourth-order valence-corrected chi connectivity index (χ4v) is 0. The summed E-state index contributed by atoms with van der Waals surface area (Å²) in [4.78, 5) is 0. The molecule has 4 heavy (non-hydrogen) atoms. The molecule has 0 aromatic rings. The van der Waals surface area contributed by atoms with Crippen LogP contribution in [0.4, 0.5) is 0 Å². The van der Waals surface area contributed by atoms with Gasteiger partial charge >= 0.3 is 0 Å². The van der Waals surface area contributed by atoms with Gasteiger partial charge in [-0.3, -0.25) is 0 Å². The Kier molecular flexibility index (Phi) is 21.2. The van der Waals surface area contributed by atoms with Crippen molar-refractivity contribution in [3.05, 3.63) is 0 Å². The van der Waals surface area contributed by atoms with Gasteiger partial charge in [0.25, 0.3) is 0 Å². The summed E-state index contributed by atoms with van der Waals surface area (Å²) < 4.78 is 0. The number of nitrogens with zero attached hydrogens (tertiary/aromatic N) is 1. The van der Waals surface area contributed by atoms with Crippen LogP contribution >= 0.6 is 0 Å². The number of hydrogen-bond donors (Lipinski definition) is 1. The second-order valence-corrected chi connectivity index (χ2v) is 0.129. The van der Waals surface area contributed by atoms with Crippen LogP contribution in [0.15, 0.2) is 0 Å². The molecule has 0 spiro atoms. The van der Waals surface area contributed by atoms with Crippen LogP contribution in [0, 0.1) is 11.5 Å². The van der Waals surface area contributed by atoms with Gasteiger partial charge in [-0.1, -0.05) is 0 Å². The van der Waals surface area contributed by atoms with Gasteiger partial charge in [0.1, 0.15) is 0 Å². The Bertz CT molecular complexity index is 33.0. The van der Waals surface area contributed by atoms with E-state index in [9.17, 15) is 0 Å². The smallest absolute Gasteiger partial charge is 0.173 e. The molecule has 2 nitrogen and oxygen atoms in total. The van der Waals surface area contributed by atoms with Gasteiger partial charge in [0.05, 0.1) is 0 Å². The van der Waals surface area contributed by atoms with Crippen molar-refractivity contribution >= 4 is 37.7 Å². The molecule has 0 aliphatic rings. The molecule has 0 aliphatic heterocycles. The number of hydrogen-bond acceptors (Lipinski definition) is 2. The van der Waals surface area contributed by atoms with E-state index in [1.807, 2.05) is 0 Å². The minimum atomic E-state index is 0. The molecule has 0 unspecified atom stereocenters. The van der Waals surface area contributed by atoms with E-state index >= 15 is 0 Å². The maximum absolute atomic E-state index is 7.10. The molecule has 0 heterocycles. The normalized spacial score (nSPS) is 1.75. The van der Waals surface area contributed by atoms with Crippen LogP contribution in [0.2, 0.25) is 0 Å². The summed E-state index contributed by atoms with van der Waals surface area (Å²) in [5, 5.41) is 7.10. The van der Waals surface area contributed by atoms with E-state index in [1.165, 1.54) is 6.19 Å². The first-order chi connectivity index (χ1) is 1.41. The Hall–Kier alpha value is 0.550. The summed E-state index contributed by atoms with van der Waals surface area (Å²) in [5.41, 5.74) is 4.15. The summed E-state index contributed by atoms with van der Waals surface area (Å²) in [5.74, 6) is 0. The van der Waals surface area contributed by atoms with Gasteiger partial charge in [-0.25, -0.2) is 0 Å². The molecule has 0 fully saturated rings. The molecular weight excluding hydrogens is 80.1 g/mol. The quantitative estimate of drug-likeness (QED) is 0.246. The Balaban J connectivity index is -0.00000000667. The summed E-state index contributed by atoms with van der Waals surface area (Å²) in [7, 11) is 0. The largest absolute Gasteiger partial charge is 0.337 e. The van der Waals surface area contributed by atoms with Crippen molar-refractivity contribution in [3.8, 4) is 6.19 Å². The molecule has 2 N–H and O–H groups in total. The zero-order valence-corrected chi connectivity index (χ0v) is 4.44. The predicted molar refractivity (Wildman–Crippen MR) is 19.8 cm³/mol. The fourth-order valence-electron chi connectivity index (χ4n) is 0. The van der Waals surface area contributed by atoms with E-state index in [0.717, 1.165) is 0 Å². The molecule has 0 bridgehead atoms. The molecule has 0 aliphatic carbocycles. The van der Waals surface area contributed by atoms with E-state index in [4.69, 9.17) is 5.26 Å². The number of rotatable bonds is 0. The van der Waals surface area contributed by atoms with E-state index in [2.05, 4.69) is 5.73 Å². The minimum Gasteiger partial charge on any atom is -0.337 e. The Labute approximate surface area is 57.6 Å². The van der Waals surface area contributed by atoms with E-state index in [-0.39, 0.29) is 40.6 Å². The van der Waals surface area contributed by atoms with Crippen molar-refractivity contribution in [1.82, 2.24) is 0 Å². The van der Waals surface area contributed by atoms with Crippen molar-refractivity contribution in [3.63, 3.8) is 0 Å². The third-order valence-corrected chi connectivity index (χ3v) is 0. The van der Waals surface area contributed by atoms with Gasteiger partial charge in [-0.05, 0) is 0 Å². The molecule has 3 heteroatoms. The second kappa shape index (κ2) is 9.61. The summed E-state index contributed by atoms with van der Waals surface area (Å²) in [6, 6.07) is 0. The zero-order chi connectivity index (χ0) is 2.71.